The topological polar surface area (TPSA) is 488 Å². The molecule has 4 aromatic heterocycles. The number of primary amides is 1. The Hall–Kier alpha value is -7.94. The van der Waals surface area contributed by atoms with Gasteiger partial charge in [-0.15, -0.1) is 0 Å². The first kappa shape index (κ1) is 70.8. The molecule has 0 radical (unpaired) electrons. The van der Waals surface area contributed by atoms with Gasteiger partial charge in [0.15, 0.2) is 53.4 Å². The number of urea groups is 1. The number of carbonyl (C=O) groups is 9. The van der Waals surface area contributed by atoms with Gasteiger partial charge in [0, 0.05) is 56.4 Å². The fourth-order valence-corrected chi connectivity index (χ4v) is 14.5. The molecule has 10 rings (SSSR count). The van der Waals surface area contributed by atoms with Gasteiger partial charge in [-0.3, -0.25) is 51.8 Å². The number of rotatable bonds is 22. The minimum atomic E-state index is -4.54. The first-order valence-corrected chi connectivity index (χ1v) is 35.5. The second-order valence-corrected chi connectivity index (χ2v) is 29.1. The number of amides is 8. The van der Waals surface area contributed by atoms with Crippen molar-refractivity contribution < 1.29 is 94.4 Å². The number of benzene rings is 1. The molecular weight excluding hydrogens is 1350 g/mol. The number of alkyl halides is 1. The van der Waals surface area contributed by atoms with Crippen LogP contribution >= 0.6 is 13.4 Å². The van der Waals surface area contributed by atoms with Crippen molar-refractivity contribution in [2.45, 2.75) is 134 Å². The molecule has 41 heteroatoms. The molecule has 5 aliphatic rings. The van der Waals surface area contributed by atoms with Crippen LogP contribution in [-0.4, -0.2) is 200 Å². The molecule has 1 aromatic carbocycles. The Kier molecular flexibility index (Phi) is 22.3. The molecule has 5 aromatic rings. The third kappa shape index (κ3) is 16.5. The monoisotopic (exact) mass is 1420 g/mol. The molecule has 14 atom stereocenters. The third-order valence-electron chi connectivity index (χ3n) is 16.5. The minimum absolute atomic E-state index is 0.00270. The van der Waals surface area contributed by atoms with Crippen LogP contribution in [0.4, 0.5) is 31.3 Å². The van der Waals surface area contributed by atoms with E-state index in [0.717, 1.165) is 17.6 Å². The van der Waals surface area contributed by atoms with Crippen molar-refractivity contribution in [3.8, 4) is 0 Å². The Morgan fingerprint density at radius 3 is 2.07 bits per heavy atom. The lowest BCUT2D eigenvalue weighted by Crippen LogP contribution is -2.48. The van der Waals surface area contributed by atoms with Crippen LogP contribution in [0.15, 0.2) is 49.6 Å². The van der Waals surface area contributed by atoms with Crippen LogP contribution in [0, 0.1) is 17.8 Å². The van der Waals surface area contributed by atoms with Crippen molar-refractivity contribution in [3.05, 3.63) is 55.1 Å². The quantitative estimate of drug-likeness (QED) is 0.0201. The van der Waals surface area contributed by atoms with Crippen molar-refractivity contribution in [1.29, 1.82) is 0 Å². The third-order valence-corrected chi connectivity index (χ3v) is 19.6. The van der Waals surface area contributed by atoms with Gasteiger partial charge >= 0.3 is 31.5 Å². The van der Waals surface area contributed by atoms with E-state index in [1.54, 1.807) is 32.9 Å². The average Bonchev–Trinajstić information content (AvgIpc) is 1.61. The molecular formula is C55H70FN17O19P2S2. The summed E-state index contributed by atoms with van der Waals surface area (Å²) in [7, 11) is 0. The first-order chi connectivity index (χ1) is 45.6. The zero-order valence-electron chi connectivity index (χ0n) is 51.7. The summed E-state index contributed by atoms with van der Waals surface area (Å²) in [6.45, 7) is -6.33. The SMILES string of the molecule is CC1CC(=O)N(CCC(=O)N[C@H](C(=O)C[C@@H](CCCNC(N)=O)C(=O)Nc2ccc(COC(=O)NCC(=O)N3CCC[C@@H]3C(=O)O[C@@H]3[C@@H]4OP(O)(=S)OC[C@H]5O[C@@H](n6cnc7c(N)ncnc76)[C@H](F)[C@@H]5OP(O)(=S)OC[C@H]4O[C@H]3n3cnc4c(N)ncnc43)cc2)C(C)C)C1=O. The Morgan fingerprint density at radius 1 is 0.844 bits per heavy atom. The van der Waals surface area contributed by atoms with Crippen molar-refractivity contribution in [2.75, 3.05) is 56.2 Å². The second-order valence-electron chi connectivity index (χ2n) is 23.5. The van der Waals surface area contributed by atoms with E-state index in [-0.39, 0.29) is 111 Å². The summed E-state index contributed by atoms with van der Waals surface area (Å²) >= 11 is 10.9. The zero-order chi connectivity index (χ0) is 68.9. The van der Waals surface area contributed by atoms with E-state index in [1.807, 2.05) is 0 Å². The van der Waals surface area contributed by atoms with Crippen LogP contribution in [0.2, 0.25) is 0 Å². The van der Waals surface area contributed by atoms with E-state index in [9.17, 15) is 52.9 Å². The minimum Gasteiger partial charge on any atom is -0.453 e. The van der Waals surface area contributed by atoms with Gasteiger partial charge in [0.1, 0.15) is 67.3 Å². The number of ketones is 1. The lowest BCUT2D eigenvalue weighted by atomic mass is 9.89. The molecule has 5 saturated heterocycles. The number of aromatic nitrogens is 8. The molecule has 0 spiro atoms. The van der Waals surface area contributed by atoms with E-state index >= 15 is 4.39 Å². The maximum atomic E-state index is 16.6. The predicted octanol–water partition coefficient (Wildman–Crippen LogP) is 0.932. The number of anilines is 3. The van der Waals surface area contributed by atoms with Gasteiger partial charge in [0.2, 0.25) is 29.5 Å². The molecule has 3 unspecified atom stereocenters. The Morgan fingerprint density at radius 2 is 1.46 bits per heavy atom. The Labute approximate surface area is 555 Å². The van der Waals surface area contributed by atoms with E-state index < -0.39 is 154 Å². The number of likely N-dealkylation sites (tertiary alicyclic amines) is 2. The molecule has 12 N–H and O–H groups in total. The number of halogens is 1. The van der Waals surface area contributed by atoms with Crippen LogP contribution in [0.1, 0.15) is 83.7 Å². The van der Waals surface area contributed by atoms with Gasteiger partial charge in [-0.05, 0) is 72.9 Å². The van der Waals surface area contributed by atoms with Crippen LogP contribution in [0.3, 0.4) is 0 Å². The number of nitrogen functional groups attached to an aromatic ring is 2. The summed E-state index contributed by atoms with van der Waals surface area (Å²) in [6, 6.07) is 3.10. The number of hydrogen-bond donors (Lipinski definition) is 9. The highest BCUT2D eigenvalue weighted by atomic mass is 32.5. The number of nitrogens with two attached hydrogens (primary N) is 3. The number of nitrogens with zero attached hydrogens (tertiary/aromatic N) is 10. The molecule has 0 saturated carbocycles. The molecule has 0 bridgehead atoms. The highest BCUT2D eigenvalue weighted by Gasteiger charge is 2.56. The standard InChI is InChI=1S/C55H70FN17O19P2S2/c1-26(2)39(69-35(75)12-15-71-36(76)16-27(3)50(71)79)32(74)17-29(6-4-13-60-54(59)81)49(78)68-30-10-8-28(9-11-30)19-85-55(82)61-18-37(77)70-14-5-7-31(70)53(80)90-44-43-34(89-52(44)73-25-67-41-46(58)63-23-65-48(41)73)21-87-93(83,95)91-42-33(20-86-94(84,96)92-43)88-51(38(42)56)72-24-66-40-45(57)62-22-64-47(40)72/h8-11,22-27,29,31,33-34,38-39,42-44,51-52H,4-7,12-21H2,1-3H3,(H,61,82)(H,68,78)(H,69,75)(H,83,95)(H,84,96)(H2,57,62,64)(H2,58,63,65)(H3,59,60,81)/t27?,29-,31-,33-,34-,38-,39+,42-,43-,44-,51-,52-,93?,94?/m1/s1. The number of ether oxygens (including phenoxy) is 4. The average molecular weight is 1420 g/mol. The van der Waals surface area contributed by atoms with Gasteiger partial charge < -0.3 is 81.1 Å². The summed E-state index contributed by atoms with van der Waals surface area (Å²) < 4.78 is 66.6. The summed E-state index contributed by atoms with van der Waals surface area (Å²) in [5.41, 5.74) is 18.5. The number of hydrogen-bond acceptors (Lipinski definition) is 27. The fourth-order valence-electron chi connectivity index (χ4n) is 11.6. The number of imide groups is 1. The number of nitrogens with one attached hydrogen (secondary N) is 4. The molecule has 9 heterocycles. The smallest absolute Gasteiger partial charge is 0.407 e. The molecule has 0 aliphatic carbocycles. The van der Waals surface area contributed by atoms with Crippen LogP contribution in [0.5, 0.6) is 0 Å². The van der Waals surface area contributed by atoms with Crippen LogP contribution in [-0.2, 0) is 101 Å². The molecule has 5 fully saturated rings. The van der Waals surface area contributed by atoms with E-state index in [4.69, 9.17) is 77.9 Å². The summed E-state index contributed by atoms with van der Waals surface area (Å²) in [4.78, 5) is 168. The van der Waals surface area contributed by atoms with Crippen LogP contribution in [0.25, 0.3) is 22.3 Å². The maximum absolute atomic E-state index is 16.6. The number of carbonyl (C=O) groups excluding carboxylic acids is 9. The highest BCUT2D eigenvalue weighted by Crippen LogP contribution is 2.55. The van der Waals surface area contributed by atoms with Crippen molar-refractivity contribution in [3.63, 3.8) is 0 Å². The van der Waals surface area contributed by atoms with E-state index in [2.05, 4.69) is 51.2 Å². The first-order valence-electron chi connectivity index (χ1n) is 30.3. The predicted molar refractivity (Wildman–Crippen MR) is 337 cm³/mol. The Balaban J connectivity index is 0.754. The maximum Gasteiger partial charge on any atom is 0.407 e. The normalized spacial score (nSPS) is 27.5. The summed E-state index contributed by atoms with van der Waals surface area (Å²) in [5, 5.41) is 10.3. The zero-order valence-corrected chi connectivity index (χ0v) is 55.1. The number of alkyl carbamates (subject to hydrolysis) is 1. The van der Waals surface area contributed by atoms with E-state index in [0.29, 0.717) is 17.7 Å². The summed E-state index contributed by atoms with van der Waals surface area (Å²) in [5.74, 6) is -5.86. The molecule has 518 valence electrons. The lowest BCUT2D eigenvalue weighted by Gasteiger charge is -2.31. The van der Waals surface area contributed by atoms with Gasteiger partial charge in [-0.2, -0.15) is 0 Å². The molecule has 36 nitrogen and oxygen atoms in total. The molecule has 96 heavy (non-hydrogen) atoms. The van der Waals surface area contributed by atoms with Crippen molar-refractivity contribution in [2.24, 2.45) is 23.5 Å². The highest BCUT2D eigenvalue weighted by molar-refractivity contribution is 8.07. The molecule has 5 aliphatic heterocycles. The van der Waals surface area contributed by atoms with Gasteiger partial charge in [0.25, 0.3) is 0 Å². The van der Waals surface area contributed by atoms with Gasteiger partial charge in [-0.1, -0.05) is 32.9 Å². The number of esters is 1. The van der Waals surface area contributed by atoms with Gasteiger partial charge in [0.05, 0.1) is 31.9 Å². The van der Waals surface area contributed by atoms with Crippen molar-refractivity contribution in [1.82, 2.24) is 64.8 Å². The second kappa shape index (κ2) is 30.2. The number of Topliss-reactive ketones (excluding diaryl/α,β-unsaturated/α-hetero) is 1. The Bertz CT molecular complexity index is 3900. The molecule has 8 amide bonds. The number of fused-ring (bicyclic) bond motifs is 4. The lowest BCUT2D eigenvalue weighted by molar-refractivity contribution is -0.165. The van der Waals surface area contributed by atoms with E-state index in [1.165, 1.54) is 38.8 Å². The largest absolute Gasteiger partial charge is 0.453 e. The van der Waals surface area contributed by atoms with Gasteiger partial charge in [-0.25, -0.2) is 48.7 Å². The number of imidazole rings is 2. The fraction of sp³-hybridized carbons (Fsp3) is 0.545. The van der Waals surface area contributed by atoms with Crippen molar-refractivity contribution >= 4 is 130 Å². The summed E-state index contributed by atoms with van der Waals surface area (Å²) in [6.07, 6.45) is -8.94. The van der Waals surface area contributed by atoms with Crippen LogP contribution < -0.4 is 38.5 Å².